The van der Waals surface area contributed by atoms with Gasteiger partial charge in [-0.2, -0.15) is 0 Å². The maximum absolute atomic E-state index is 13.2. The Morgan fingerprint density at radius 3 is 2.68 bits per heavy atom. The van der Waals surface area contributed by atoms with Gasteiger partial charge in [0.25, 0.3) is 5.92 Å². The number of nitrogens with two attached hydrogens (primary N) is 1. The summed E-state index contributed by atoms with van der Waals surface area (Å²) in [5.41, 5.74) is 6.66. The van der Waals surface area contributed by atoms with Crippen molar-refractivity contribution in [3.63, 3.8) is 0 Å². The van der Waals surface area contributed by atoms with E-state index in [9.17, 15) is 13.6 Å². The van der Waals surface area contributed by atoms with Crippen LogP contribution in [0.1, 0.15) is 29.9 Å². The van der Waals surface area contributed by atoms with Crippen molar-refractivity contribution in [3.05, 3.63) is 35.4 Å². The molecule has 3 nitrogen and oxygen atoms in total. The fraction of sp³-hybridized carbons (Fsp3) is 0.500. The van der Waals surface area contributed by atoms with E-state index in [1.807, 2.05) is 19.1 Å². The zero-order chi connectivity index (χ0) is 14.5. The van der Waals surface area contributed by atoms with Gasteiger partial charge in [-0.25, -0.2) is 8.78 Å². The molecular formula is C14H19F2NO2. The molecule has 5 heteroatoms. The predicted molar refractivity (Wildman–Crippen MR) is 69.2 cm³/mol. The van der Waals surface area contributed by atoms with Crippen LogP contribution in [0.4, 0.5) is 8.78 Å². The van der Waals surface area contributed by atoms with Crippen LogP contribution in [-0.2, 0) is 9.53 Å². The third-order valence-electron chi connectivity index (χ3n) is 3.03. The Balaban J connectivity index is 2.87. The summed E-state index contributed by atoms with van der Waals surface area (Å²) in [5, 5.41) is 0. The van der Waals surface area contributed by atoms with Crippen molar-refractivity contribution in [2.45, 2.75) is 31.6 Å². The van der Waals surface area contributed by atoms with Crippen molar-refractivity contribution in [1.82, 2.24) is 0 Å². The van der Waals surface area contributed by atoms with Crippen LogP contribution in [0.15, 0.2) is 24.3 Å². The van der Waals surface area contributed by atoms with E-state index in [-0.39, 0.29) is 6.42 Å². The highest BCUT2D eigenvalue weighted by Crippen LogP contribution is 2.29. The molecule has 0 amide bonds. The lowest BCUT2D eigenvalue weighted by Crippen LogP contribution is -2.29. The molecule has 0 aliphatic rings. The second-order valence-electron chi connectivity index (χ2n) is 4.59. The molecule has 0 fully saturated rings. The number of carbonyl (C=O) groups excluding carboxylic acids is 1. The topological polar surface area (TPSA) is 52.3 Å². The highest BCUT2D eigenvalue weighted by atomic mass is 19.3. The molecule has 106 valence electrons. The Hall–Kier alpha value is -1.49. The molecule has 1 aromatic rings. The molecule has 2 N–H and O–H groups in total. The summed E-state index contributed by atoms with van der Waals surface area (Å²) in [6.07, 6.45) is -0.419. The highest BCUT2D eigenvalue weighted by Gasteiger charge is 2.31. The van der Waals surface area contributed by atoms with Crippen LogP contribution in [0.25, 0.3) is 0 Å². The minimum atomic E-state index is -2.95. The molecule has 1 aromatic carbocycles. The number of halogens is 2. The van der Waals surface area contributed by atoms with Crippen LogP contribution in [0, 0.1) is 6.92 Å². The molecule has 0 spiro atoms. The van der Waals surface area contributed by atoms with Crippen molar-refractivity contribution in [3.8, 4) is 0 Å². The lowest BCUT2D eigenvalue weighted by molar-refractivity contribution is -0.143. The number of ether oxygens (including phenoxy) is 1. The number of esters is 1. The van der Waals surface area contributed by atoms with Gasteiger partial charge in [-0.05, 0) is 18.9 Å². The largest absolute Gasteiger partial charge is 0.469 e. The maximum atomic E-state index is 13.2. The van der Waals surface area contributed by atoms with Crippen LogP contribution in [0.5, 0.6) is 0 Å². The average Bonchev–Trinajstić information content (AvgIpc) is 2.38. The molecule has 0 aliphatic carbocycles. The fourth-order valence-electron chi connectivity index (χ4n) is 1.91. The first kappa shape index (κ1) is 15.6. The first-order valence-electron chi connectivity index (χ1n) is 6.12. The number of benzene rings is 1. The summed E-state index contributed by atoms with van der Waals surface area (Å²) in [5.74, 6) is -4.13. The Morgan fingerprint density at radius 2 is 2.16 bits per heavy atom. The van der Waals surface area contributed by atoms with E-state index >= 15 is 0 Å². The molecule has 0 heterocycles. The third-order valence-corrected chi connectivity index (χ3v) is 3.03. The molecule has 0 aromatic heterocycles. The summed E-state index contributed by atoms with van der Waals surface area (Å²) < 4.78 is 31.1. The first-order chi connectivity index (χ1) is 8.89. The zero-order valence-corrected chi connectivity index (χ0v) is 11.2. The molecule has 1 rings (SSSR count). The summed E-state index contributed by atoms with van der Waals surface area (Å²) in [6.45, 7) is 1.17. The first-order valence-corrected chi connectivity index (χ1v) is 6.12. The van der Waals surface area contributed by atoms with Crippen LogP contribution < -0.4 is 5.73 Å². The lowest BCUT2D eigenvalue weighted by Gasteiger charge is -2.19. The van der Waals surface area contributed by atoms with Gasteiger partial charge in [0.05, 0.1) is 19.6 Å². The van der Waals surface area contributed by atoms with Gasteiger partial charge in [-0.15, -0.1) is 0 Å². The van der Waals surface area contributed by atoms with Crippen molar-refractivity contribution >= 4 is 5.97 Å². The van der Waals surface area contributed by atoms with Gasteiger partial charge in [0.15, 0.2) is 0 Å². The van der Waals surface area contributed by atoms with Gasteiger partial charge in [0, 0.05) is 6.42 Å². The van der Waals surface area contributed by atoms with Crippen LogP contribution >= 0.6 is 0 Å². The SMILES string of the molecule is COC(=O)C(CCC(F)(F)CN)c1cccc(C)c1. The zero-order valence-electron chi connectivity index (χ0n) is 11.2. The van der Waals surface area contributed by atoms with E-state index in [4.69, 9.17) is 10.5 Å². The quantitative estimate of drug-likeness (QED) is 0.809. The second-order valence-corrected chi connectivity index (χ2v) is 4.59. The number of aryl methyl sites for hydroxylation is 1. The van der Waals surface area contributed by atoms with Crippen molar-refractivity contribution in [1.29, 1.82) is 0 Å². The molecule has 1 unspecified atom stereocenters. The van der Waals surface area contributed by atoms with E-state index in [0.717, 1.165) is 5.56 Å². The second kappa shape index (κ2) is 6.61. The number of hydrogen-bond acceptors (Lipinski definition) is 3. The number of rotatable bonds is 6. The molecule has 0 saturated carbocycles. The summed E-state index contributed by atoms with van der Waals surface area (Å²) in [6, 6.07) is 7.23. The van der Waals surface area contributed by atoms with E-state index in [1.165, 1.54) is 7.11 Å². The van der Waals surface area contributed by atoms with Crippen LogP contribution in [0.3, 0.4) is 0 Å². The Morgan fingerprint density at radius 1 is 1.47 bits per heavy atom. The summed E-state index contributed by atoms with van der Waals surface area (Å²) in [7, 11) is 1.26. The van der Waals surface area contributed by atoms with E-state index < -0.39 is 30.8 Å². The van der Waals surface area contributed by atoms with Gasteiger partial charge >= 0.3 is 5.97 Å². The number of alkyl halides is 2. The minimum Gasteiger partial charge on any atom is -0.469 e. The van der Waals surface area contributed by atoms with E-state index in [2.05, 4.69) is 0 Å². The van der Waals surface area contributed by atoms with Crippen LogP contribution in [0.2, 0.25) is 0 Å². The van der Waals surface area contributed by atoms with Gasteiger partial charge in [-0.1, -0.05) is 29.8 Å². The molecule has 19 heavy (non-hydrogen) atoms. The number of hydrogen-bond donors (Lipinski definition) is 1. The van der Waals surface area contributed by atoms with Gasteiger partial charge in [0.1, 0.15) is 0 Å². The molecule has 0 bridgehead atoms. The Kier molecular flexibility index (Phi) is 5.42. The minimum absolute atomic E-state index is 0.0142. The number of carbonyl (C=O) groups is 1. The molecule has 1 atom stereocenters. The number of methoxy groups -OCH3 is 1. The summed E-state index contributed by atoms with van der Waals surface area (Å²) >= 11 is 0. The average molecular weight is 271 g/mol. The monoisotopic (exact) mass is 271 g/mol. The normalized spacial score (nSPS) is 13.1. The smallest absolute Gasteiger partial charge is 0.313 e. The molecule has 0 saturated heterocycles. The van der Waals surface area contributed by atoms with Gasteiger partial charge in [-0.3, -0.25) is 4.79 Å². The fourth-order valence-corrected chi connectivity index (χ4v) is 1.91. The molecular weight excluding hydrogens is 252 g/mol. The molecule has 0 aliphatic heterocycles. The Labute approximate surface area is 111 Å². The van der Waals surface area contributed by atoms with Crippen molar-refractivity contribution in [2.24, 2.45) is 5.73 Å². The summed E-state index contributed by atoms with van der Waals surface area (Å²) in [4.78, 5) is 11.7. The standard InChI is InChI=1S/C14H19F2NO2/c1-10-4-3-5-11(8-10)12(13(18)19-2)6-7-14(15,16)9-17/h3-5,8,12H,6-7,9,17H2,1-2H3. The Bertz CT molecular complexity index is 435. The van der Waals surface area contributed by atoms with Gasteiger partial charge in [0.2, 0.25) is 0 Å². The van der Waals surface area contributed by atoms with Gasteiger partial charge < -0.3 is 10.5 Å². The highest BCUT2D eigenvalue weighted by molar-refractivity contribution is 5.78. The van der Waals surface area contributed by atoms with E-state index in [0.29, 0.717) is 5.56 Å². The van der Waals surface area contributed by atoms with Crippen molar-refractivity contribution < 1.29 is 18.3 Å². The maximum Gasteiger partial charge on any atom is 0.313 e. The third kappa shape index (κ3) is 4.59. The molecule has 0 radical (unpaired) electrons. The van der Waals surface area contributed by atoms with E-state index in [1.54, 1.807) is 12.1 Å². The predicted octanol–water partition coefficient (Wildman–Crippen LogP) is 2.63. The van der Waals surface area contributed by atoms with Crippen LogP contribution in [-0.4, -0.2) is 25.5 Å². The lowest BCUT2D eigenvalue weighted by atomic mass is 9.92. The van der Waals surface area contributed by atoms with Crippen molar-refractivity contribution in [2.75, 3.05) is 13.7 Å².